The van der Waals surface area contributed by atoms with E-state index in [0.29, 0.717) is 31.8 Å². The van der Waals surface area contributed by atoms with Crippen molar-refractivity contribution in [3.8, 4) is 5.75 Å². The second kappa shape index (κ2) is 7.27. The number of nitrogens with zero attached hydrogens (tertiary/aromatic N) is 2. The molecule has 8 heteroatoms. The summed E-state index contributed by atoms with van der Waals surface area (Å²) >= 11 is 6.56. The van der Waals surface area contributed by atoms with Crippen LogP contribution in [0, 0.1) is 10.1 Å². The number of non-ortho nitro benzene ring substituents is 1. The minimum Gasteiger partial charge on any atom is -0.497 e. The average molecular weight is 386 g/mol. The lowest BCUT2D eigenvalue weighted by molar-refractivity contribution is -0.384. The number of nitro groups is 1. The molecule has 3 rings (SSSR count). The number of benzene rings is 2. The Morgan fingerprint density at radius 2 is 1.92 bits per heavy atom. The molecule has 0 unspecified atom stereocenters. The molecule has 1 saturated heterocycles. The Bertz CT molecular complexity index is 938. The van der Waals surface area contributed by atoms with Gasteiger partial charge in [0.1, 0.15) is 5.75 Å². The summed E-state index contributed by atoms with van der Waals surface area (Å²) in [5.41, 5.74) is 1.90. The van der Waals surface area contributed by atoms with Gasteiger partial charge in [-0.1, -0.05) is 36.1 Å². The maximum Gasteiger partial charge on any atom is 0.271 e. The van der Waals surface area contributed by atoms with Crippen LogP contribution in [0.25, 0.3) is 5.57 Å². The van der Waals surface area contributed by atoms with E-state index in [1.165, 1.54) is 28.8 Å². The van der Waals surface area contributed by atoms with Gasteiger partial charge >= 0.3 is 0 Å². The van der Waals surface area contributed by atoms with Crippen molar-refractivity contribution in [2.45, 2.75) is 6.92 Å². The molecule has 0 spiro atoms. The van der Waals surface area contributed by atoms with E-state index in [2.05, 4.69) is 0 Å². The van der Waals surface area contributed by atoms with E-state index < -0.39 is 4.92 Å². The number of hydrogen-bond donors (Lipinski definition) is 0. The van der Waals surface area contributed by atoms with Crippen molar-refractivity contribution in [3.63, 3.8) is 0 Å². The Labute approximate surface area is 159 Å². The first kappa shape index (κ1) is 18.1. The van der Waals surface area contributed by atoms with E-state index in [1.807, 2.05) is 0 Å². The molecule has 0 N–H and O–H groups in total. The minimum absolute atomic E-state index is 0.0208. The lowest BCUT2D eigenvalue weighted by atomic mass is 10.1. The number of methoxy groups -OCH3 is 1. The summed E-state index contributed by atoms with van der Waals surface area (Å²) in [4.78, 5) is 25.3. The highest BCUT2D eigenvalue weighted by Gasteiger charge is 2.35. The minimum atomic E-state index is -0.459. The van der Waals surface area contributed by atoms with E-state index in [0.717, 1.165) is 0 Å². The van der Waals surface area contributed by atoms with Gasteiger partial charge in [0.2, 0.25) is 0 Å². The van der Waals surface area contributed by atoms with Gasteiger partial charge in [-0.15, -0.1) is 0 Å². The maximum absolute atomic E-state index is 12.9. The molecule has 1 aliphatic heterocycles. The van der Waals surface area contributed by atoms with Crippen LogP contribution >= 0.6 is 24.0 Å². The summed E-state index contributed by atoms with van der Waals surface area (Å²) in [6, 6.07) is 13.2. The molecule has 26 heavy (non-hydrogen) atoms. The van der Waals surface area contributed by atoms with Gasteiger partial charge < -0.3 is 4.74 Å². The molecule has 0 radical (unpaired) electrons. The molecule has 132 valence electrons. The van der Waals surface area contributed by atoms with Gasteiger partial charge in [0.05, 0.1) is 22.6 Å². The van der Waals surface area contributed by atoms with Crippen molar-refractivity contribution in [1.82, 2.24) is 0 Å². The predicted octanol–water partition coefficient (Wildman–Crippen LogP) is 4.40. The van der Waals surface area contributed by atoms with Gasteiger partial charge in [0, 0.05) is 12.1 Å². The zero-order valence-electron chi connectivity index (χ0n) is 14.0. The molecule has 1 amide bonds. The monoisotopic (exact) mass is 386 g/mol. The molecule has 1 aliphatic rings. The second-order valence-electron chi connectivity index (χ2n) is 5.47. The fraction of sp³-hybridized carbons (Fsp3) is 0.111. The summed E-state index contributed by atoms with van der Waals surface area (Å²) in [5, 5.41) is 11.0. The van der Waals surface area contributed by atoms with E-state index in [4.69, 9.17) is 17.0 Å². The van der Waals surface area contributed by atoms with Crippen LogP contribution in [0.4, 0.5) is 11.4 Å². The largest absolute Gasteiger partial charge is 0.497 e. The van der Waals surface area contributed by atoms with Gasteiger partial charge in [-0.2, -0.15) is 0 Å². The number of anilines is 1. The number of allylic oxidation sites excluding steroid dienone is 1. The van der Waals surface area contributed by atoms with Crippen molar-refractivity contribution in [1.29, 1.82) is 0 Å². The molecule has 2 aromatic carbocycles. The van der Waals surface area contributed by atoms with Gasteiger partial charge in [0.25, 0.3) is 11.6 Å². The average Bonchev–Trinajstić information content (AvgIpc) is 2.95. The van der Waals surface area contributed by atoms with Crippen molar-refractivity contribution >= 4 is 51.2 Å². The molecular weight excluding hydrogens is 372 g/mol. The molecule has 6 nitrogen and oxygen atoms in total. The van der Waals surface area contributed by atoms with Crippen molar-refractivity contribution < 1.29 is 14.5 Å². The highest BCUT2D eigenvalue weighted by Crippen LogP contribution is 2.39. The highest BCUT2D eigenvalue weighted by molar-refractivity contribution is 8.27. The summed E-state index contributed by atoms with van der Waals surface area (Å²) in [6.07, 6.45) is 0. The summed E-state index contributed by atoms with van der Waals surface area (Å²) in [7, 11) is 1.57. The third kappa shape index (κ3) is 3.33. The number of ether oxygens (including phenoxy) is 1. The third-order valence-corrected chi connectivity index (χ3v) is 5.41. The van der Waals surface area contributed by atoms with E-state index in [9.17, 15) is 14.9 Å². The standard InChI is InChI=1S/C18H14N2O4S2/c1-11(12-4-3-5-14(10-12)20(22)23)16-17(21)19(18(25)26-16)13-6-8-15(24-2)9-7-13/h3-10H,1-2H3. The lowest BCUT2D eigenvalue weighted by Crippen LogP contribution is -2.27. The number of thioether (sulfide) groups is 1. The number of rotatable bonds is 4. The smallest absolute Gasteiger partial charge is 0.271 e. The van der Waals surface area contributed by atoms with Crippen LogP contribution in [-0.2, 0) is 4.79 Å². The van der Waals surface area contributed by atoms with Crippen LogP contribution in [0.15, 0.2) is 53.4 Å². The Kier molecular flexibility index (Phi) is 5.06. The summed E-state index contributed by atoms with van der Waals surface area (Å²) < 4.78 is 5.54. The third-order valence-electron chi connectivity index (χ3n) is 3.93. The van der Waals surface area contributed by atoms with Crippen molar-refractivity contribution in [3.05, 3.63) is 69.1 Å². The topological polar surface area (TPSA) is 72.7 Å². The van der Waals surface area contributed by atoms with Crippen LogP contribution in [0.1, 0.15) is 12.5 Å². The number of carbonyl (C=O) groups is 1. The van der Waals surface area contributed by atoms with Gasteiger partial charge in [-0.25, -0.2) is 0 Å². The van der Waals surface area contributed by atoms with Crippen LogP contribution in [-0.4, -0.2) is 22.3 Å². The van der Waals surface area contributed by atoms with Gasteiger partial charge in [-0.3, -0.25) is 19.8 Å². The van der Waals surface area contributed by atoms with E-state index in [1.54, 1.807) is 50.4 Å². The number of thiocarbonyl (C=S) groups is 1. The first-order valence-corrected chi connectivity index (χ1v) is 8.81. The van der Waals surface area contributed by atoms with E-state index >= 15 is 0 Å². The molecular formula is C18H14N2O4S2. The van der Waals surface area contributed by atoms with Crippen molar-refractivity contribution in [2.75, 3.05) is 12.0 Å². The molecule has 1 heterocycles. The second-order valence-corrected chi connectivity index (χ2v) is 7.11. The van der Waals surface area contributed by atoms with Crippen LogP contribution in [0.3, 0.4) is 0 Å². The molecule has 0 aromatic heterocycles. The van der Waals surface area contributed by atoms with E-state index in [-0.39, 0.29) is 11.6 Å². The Morgan fingerprint density at radius 1 is 1.23 bits per heavy atom. The van der Waals surface area contributed by atoms with Crippen LogP contribution < -0.4 is 9.64 Å². The Balaban J connectivity index is 1.97. The molecule has 0 saturated carbocycles. The zero-order valence-corrected chi connectivity index (χ0v) is 15.6. The fourth-order valence-corrected chi connectivity index (χ4v) is 3.88. The molecule has 0 bridgehead atoms. The zero-order chi connectivity index (χ0) is 18.8. The first-order chi connectivity index (χ1) is 12.4. The molecule has 2 aromatic rings. The van der Waals surface area contributed by atoms with Crippen LogP contribution in [0.2, 0.25) is 0 Å². The SMILES string of the molecule is COc1ccc(N2C(=O)C(=C(C)c3cccc([N+](=O)[O-])c3)SC2=S)cc1. The Morgan fingerprint density at radius 3 is 2.54 bits per heavy atom. The lowest BCUT2D eigenvalue weighted by Gasteiger charge is -2.15. The van der Waals surface area contributed by atoms with Gasteiger partial charge in [-0.05, 0) is 42.3 Å². The summed E-state index contributed by atoms with van der Waals surface area (Å²) in [6.45, 7) is 1.76. The van der Waals surface area contributed by atoms with Crippen LogP contribution in [0.5, 0.6) is 5.75 Å². The number of hydrogen-bond acceptors (Lipinski definition) is 6. The quantitative estimate of drug-likeness (QED) is 0.336. The van der Waals surface area contributed by atoms with Crippen molar-refractivity contribution in [2.24, 2.45) is 0 Å². The summed E-state index contributed by atoms with van der Waals surface area (Å²) in [5.74, 6) is 0.441. The number of amides is 1. The first-order valence-electron chi connectivity index (χ1n) is 7.58. The predicted molar refractivity (Wildman–Crippen MR) is 106 cm³/mol. The maximum atomic E-state index is 12.9. The molecule has 1 fully saturated rings. The fourth-order valence-electron chi connectivity index (χ4n) is 2.54. The molecule has 0 atom stereocenters. The number of carbonyl (C=O) groups excluding carboxylic acids is 1. The highest BCUT2D eigenvalue weighted by atomic mass is 32.2. The normalized spacial score (nSPS) is 16.0. The molecule has 0 aliphatic carbocycles. The Hall–Kier alpha value is -2.71. The van der Waals surface area contributed by atoms with Gasteiger partial charge in [0.15, 0.2) is 4.32 Å². The number of nitro benzene ring substituents is 1.